The van der Waals surface area contributed by atoms with Crippen LogP contribution < -0.4 is 10.9 Å². The van der Waals surface area contributed by atoms with Gasteiger partial charge < -0.3 is 5.11 Å². The Morgan fingerprint density at radius 2 is 2.29 bits per heavy atom. The zero-order valence-electron chi connectivity index (χ0n) is 11.7. The van der Waals surface area contributed by atoms with Crippen LogP contribution in [0.2, 0.25) is 0 Å². The number of nitrogens with one attached hydrogen (secondary N) is 1. The van der Waals surface area contributed by atoms with Gasteiger partial charge >= 0.3 is 5.97 Å². The normalized spacial score (nSPS) is 16.0. The topological polar surface area (TPSA) is 83.7 Å². The summed E-state index contributed by atoms with van der Waals surface area (Å²) in [5.74, 6) is -0.641. The molecule has 2 aromatic rings. The molecule has 0 saturated heterocycles. The number of pyridine rings is 1. The van der Waals surface area contributed by atoms with Gasteiger partial charge in [-0.1, -0.05) is 6.07 Å². The summed E-state index contributed by atoms with van der Waals surface area (Å²) in [6, 6.07) is 4.58. The fourth-order valence-corrected chi connectivity index (χ4v) is 2.45. The van der Waals surface area contributed by atoms with Gasteiger partial charge in [0.15, 0.2) is 0 Å². The van der Waals surface area contributed by atoms with Crippen LogP contribution in [0.3, 0.4) is 0 Å². The standard InChI is InChI=1S/C15H17N3O3/c1-9-2-5-12-17-11(6-13(19)18(12)8-9)7-16-14(15(20)21)10-3-4-10/h2,5-6,8,10,14,16H,3-4,7H2,1H3,(H,20,21). The second kappa shape index (κ2) is 5.29. The molecule has 1 fully saturated rings. The summed E-state index contributed by atoms with van der Waals surface area (Å²) in [5.41, 5.74) is 1.97. The maximum absolute atomic E-state index is 12.1. The van der Waals surface area contributed by atoms with Crippen LogP contribution in [-0.2, 0) is 11.3 Å². The summed E-state index contributed by atoms with van der Waals surface area (Å²) in [6.07, 6.45) is 3.63. The maximum atomic E-state index is 12.1. The first-order chi connectivity index (χ1) is 10.0. The van der Waals surface area contributed by atoms with Gasteiger partial charge in [0, 0.05) is 18.8 Å². The van der Waals surface area contributed by atoms with E-state index in [0.29, 0.717) is 11.3 Å². The Hall–Kier alpha value is -2.21. The number of nitrogens with zero attached hydrogens (tertiary/aromatic N) is 2. The number of hydrogen-bond acceptors (Lipinski definition) is 4. The van der Waals surface area contributed by atoms with E-state index in [1.54, 1.807) is 12.3 Å². The van der Waals surface area contributed by atoms with Gasteiger partial charge in [0.2, 0.25) is 0 Å². The number of rotatable bonds is 5. The molecule has 6 heteroatoms. The highest BCUT2D eigenvalue weighted by Gasteiger charge is 2.35. The van der Waals surface area contributed by atoms with Crippen molar-refractivity contribution in [1.29, 1.82) is 0 Å². The lowest BCUT2D eigenvalue weighted by molar-refractivity contribution is -0.140. The van der Waals surface area contributed by atoms with Gasteiger partial charge in [-0.05, 0) is 37.3 Å². The van der Waals surface area contributed by atoms with Crippen LogP contribution in [0, 0.1) is 12.8 Å². The number of carboxylic acid groups (broad SMARTS) is 1. The molecule has 1 aliphatic rings. The quantitative estimate of drug-likeness (QED) is 0.855. The first-order valence-corrected chi connectivity index (χ1v) is 7.00. The number of fused-ring (bicyclic) bond motifs is 1. The molecule has 2 aromatic heterocycles. The lowest BCUT2D eigenvalue weighted by Gasteiger charge is -2.13. The number of aryl methyl sites for hydroxylation is 1. The van der Waals surface area contributed by atoms with Gasteiger partial charge in [0.25, 0.3) is 5.56 Å². The minimum Gasteiger partial charge on any atom is -0.480 e. The molecule has 0 amide bonds. The van der Waals surface area contributed by atoms with E-state index in [1.165, 1.54) is 10.5 Å². The smallest absolute Gasteiger partial charge is 0.320 e. The van der Waals surface area contributed by atoms with Crippen LogP contribution in [0.15, 0.2) is 29.2 Å². The first-order valence-electron chi connectivity index (χ1n) is 7.00. The molecular formula is C15H17N3O3. The summed E-state index contributed by atoms with van der Waals surface area (Å²) in [7, 11) is 0. The molecular weight excluding hydrogens is 270 g/mol. The van der Waals surface area contributed by atoms with Crippen LogP contribution in [0.4, 0.5) is 0 Å². The third-order valence-corrected chi connectivity index (χ3v) is 3.72. The Morgan fingerprint density at radius 3 is 2.95 bits per heavy atom. The van der Waals surface area contributed by atoms with Gasteiger partial charge in [-0.25, -0.2) is 4.98 Å². The van der Waals surface area contributed by atoms with Gasteiger partial charge in [0.1, 0.15) is 11.7 Å². The Bertz CT molecular complexity index is 749. The third-order valence-electron chi connectivity index (χ3n) is 3.72. The molecule has 1 aliphatic carbocycles. The number of aliphatic carboxylic acids is 1. The van der Waals surface area contributed by atoms with Crippen molar-refractivity contribution in [1.82, 2.24) is 14.7 Å². The van der Waals surface area contributed by atoms with Gasteiger partial charge in [-0.15, -0.1) is 0 Å². The van der Waals surface area contributed by atoms with Crippen molar-refractivity contribution in [2.45, 2.75) is 32.4 Å². The molecule has 2 N–H and O–H groups in total. The van der Waals surface area contributed by atoms with E-state index in [4.69, 9.17) is 5.11 Å². The molecule has 1 unspecified atom stereocenters. The second-order valence-corrected chi connectivity index (χ2v) is 5.55. The summed E-state index contributed by atoms with van der Waals surface area (Å²) in [5, 5.41) is 12.2. The number of carbonyl (C=O) groups is 1. The predicted molar refractivity (Wildman–Crippen MR) is 77.2 cm³/mol. The monoisotopic (exact) mass is 287 g/mol. The van der Waals surface area contributed by atoms with Gasteiger partial charge in [-0.2, -0.15) is 0 Å². The highest BCUT2D eigenvalue weighted by atomic mass is 16.4. The van der Waals surface area contributed by atoms with Crippen LogP contribution in [0.25, 0.3) is 5.65 Å². The Morgan fingerprint density at radius 1 is 1.52 bits per heavy atom. The highest BCUT2D eigenvalue weighted by Crippen LogP contribution is 2.32. The minimum absolute atomic E-state index is 0.154. The van der Waals surface area contributed by atoms with Crippen LogP contribution >= 0.6 is 0 Å². The third kappa shape index (κ3) is 2.95. The fourth-order valence-electron chi connectivity index (χ4n) is 2.45. The Labute approximate surface area is 121 Å². The summed E-state index contributed by atoms with van der Waals surface area (Å²) >= 11 is 0. The van der Waals surface area contributed by atoms with E-state index in [1.807, 2.05) is 13.0 Å². The van der Waals surface area contributed by atoms with E-state index in [-0.39, 0.29) is 18.0 Å². The van der Waals surface area contributed by atoms with Crippen LogP contribution in [0.1, 0.15) is 24.1 Å². The molecule has 0 aromatic carbocycles. The molecule has 0 aliphatic heterocycles. The Kier molecular flexibility index (Phi) is 3.47. The minimum atomic E-state index is -0.842. The highest BCUT2D eigenvalue weighted by molar-refractivity contribution is 5.74. The second-order valence-electron chi connectivity index (χ2n) is 5.55. The van der Waals surface area contributed by atoms with Gasteiger partial charge in [0.05, 0.1) is 5.69 Å². The van der Waals surface area contributed by atoms with E-state index < -0.39 is 12.0 Å². The number of carboxylic acids is 1. The van der Waals surface area contributed by atoms with Crippen molar-refractivity contribution < 1.29 is 9.90 Å². The van der Waals surface area contributed by atoms with Crippen molar-refractivity contribution in [3.05, 3.63) is 46.0 Å². The fraction of sp³-hybridized carbons (Fsp3) is 0.400. The molecule has 0 spiro atoms. The van der Waals surface area contributed by atoms with Crippen molar-refractivity contribution in [2.75, 3.05) is 0 Å². The SMILES string of the molecule is Cc1ccc2nc(CNC(C(=O)O)C3CC3)cc(=O)n2c1. The average molecular weight is 287 g/mol. The van der Waals surface area contributed by atoms with E-state index in [9.17, 15) is 9.59 Å². The predicted octanol–water partition coefficient (Wildman–Crippen LogP) is 0.956. The Balaban J connectivity index is 1.82. The molecule has 1 saturated carbocycles. The summed E-state index contributed by atoms with van der Waals surface area (Å²) < 4.78 is 1.49. The number of hydrogen-bond donors (Lipinski definition) is 2. The molecule has 0 bridgehead atoms. The summed E-state index contributed by atoms with van der Waals surface area (Å²) in [4.78, 5) is 27.6. The van der Waals surface area contributed by atoms with Crippen molar-refractivity contribution >= 4 is 11.6 Å². The lowest BCUT2D eigenvalue weighted by atomic mass is 10.2. The largest absolute Gasteiger partial charge is 0.480 e. The molecule has 6 nitrogen and oxygen atoms in total. The molecule has 0 radical (unpaired) electrons. The number of aromatic nitrogens is 2. The molecule has 110 valence electrons. The van der Waals surface area contributed by atoms with Crippen molar-refractivity contribution in [2.24, 2.45) is 5.92 Å². The molecule has 3 rings (SSSR count). The lowest BCUT2D eigenvalue weighted by Crippen LogP contribution is -2.38. The average Bonchev–Trinajstić information content (AvgIpc) is 3.24. The molecule has 2 heterocycles. The molecule has 1 atom stereocenters. The van der Waals surface area contributed by atoms with E-state index >= 15 is 0 Å². The van der Waals surface area contributed by atoms with E-state index in [2.05, 4.69) is 10.3 Å². The van der Waals surface area contributed by atoms with Gasteiger partial charge in [-0.3, -0.25) is 19.3 Å². The zero-order chi connectivity index (χ0) is 15.0. The zero-order valence-corrected chi connectivity index (χ0v) is 11.7. The van der Waals surface area contributed by atoms with E-state index in [0.717, 1.165) is 18.4 Å². The van der Waals surface area contributed by atoms with Crippen molar-refractivity contribution in [3.8, 4) is 0 Å². The van der Waals surface area contributed by atoms with Crippen LogP contribution in [-0.4, -0.2) is 26.5 Å². The van der Waals surface area contributed by atoms with Crippen LogP contribution in [0.5, 0.6) is 0 Å². The molecule has 21 heavy (non-hydrogen) atoms. The van der Waals surface area contributed by atoms with Crippen molar-refractivity contribution in [3.63, 3.8) is 0 Å². The first kappa shape index (κ1) is 13.8. The maximum Gasteiger partial charge on any atom is 0.320 e. The summed E-state index contributed by atoms with van der Waals surface area (Å²) in [6.45, 7) is 2.20.